The van der Waals surface area contributed by atoms with E-state index in [0.717, 1.165) is 26.4 Å². The predicted octanol–water partition coefficient (Wildman–Crippen LogP) is 3.72. The van der Waals surface area contributed by atoms with Crippen molar-refractivity contribution in [2.45, 2.75) is 12.1 Å². The van der Waals surface area contributed by atoms with E-state index < -0.39 is 0 Å². The van der Waals surface area contributed by atoms with Gasteiger partial charge in [0.2, 0.25) is 5.91 Å². The molecule has 1 N–H and O–H groups in total. The Morgan fingerprint density at radius 1 is 1.38 bits per heavy atom. The standard InChI is InChI=1S/C16H15IN4O2S/c1-10-13(6-7-23-10)15-19-20-16(21(15)2)24-9-14(22)18-12-5-3-4-11(17)8-12/h3-8H,9H2,1-2H3,(H,18,22). The number of benzene rings is 1. The van der Waals surface area contributed by atoms with Crippen molar-refractivity contribution in [2.24, 2.45) is 7.05 Å². The van der Waals surface area contributed by atoms with Gasteiger partial charge < -0.3 is 14.3 Å². The topological polar surface area (TPSA) is 72.9 Å². The summed E-state index contributed by atoms with van der Waals surface area (Å²) in [7, 11) is 1.88. The molecule has 0 bridgehead atoms. The largest absolute Gasteiger partial charge is 0.469 e. The van der Waals surface area contributed by atoms with Crippen LogP contribution < -0.4 is 5.32 Å². The Bertz CT molecular complexity index is 875. The van der Waals surface area contributed by atoms with E-state index in [4.69, 9.17) is 4.42 Å². The summed E-state index contributed by atoms with van der Waals surface area (Å²) in [6, 6.07) is 9.53. The van der Waals surface area contributed by atoms with Crippen molar-refractivity contribution in [3.05, 3.63) is 45.9 Å². The zero-order valence-electron chi connectivity index (χ0n) is 13.1. The molecule has 0 fully saturated rings. The van der Waals surface area contributed by atoms with Crippen LogP contribution in [0.4, 0.5) is 5.69 Å². The van der Waals surface area contributed by atoms with Crippen molar-refractivity contribution in [1.29, 1.82) is 0 Å². The van der Waals surface area contributed by atoms with Gasteiger partial charge in [-0.25, -0.2) is 0 Å². The van der Waals surface area contributed by atoms with Gasteiger partial charge in [0, 0.05) is 16.3 Å². The fourth-order valence-corrected chi connectivity index (χ4v) is 3.44. The molecule has 8 heteroatoms. The Balaban J connectivity index is 1.64. The van der Waals surface area contributed by atoms with Crippen LogP contribution in [0.5, 0.6) is 0 Å². The molecule has 24 heavy (non-hydrogen) atoms. The van der Waals surface area contributed by atoms with Crippen LogP contribution in [0.2, 0.25) is 0 Å². The number of hydrogen-bond donors (Lipinski definition) is 1. The Kier molecular flexibility index (Phi) is 5.24. The van der Waals surface area contributed by atoms with Crippen LogP contribution in [0.1, 0.15) is 5.76 Å². The third kappa shape index (κ3) is 3.81. The van der Waals surface area contributed by atoms with Gasteiger partial charge in [0.15, 0.2) is 11.0 Å². The first-order valence-electron chi connectivity index (χ1n) is 7.16. The third-order valence-corrected chi connectivity index (χ3v) is 5.07. The summed E-state index contributed by atoms with van der Waals surface area (Å²) in [4.78, 5) is 12.1. The van der Waals surface area contributed by atoms with Gasteiger partial charge in [0.1, 0.15) is 5.76 Å². The first-order valence-corrected chi connectivity index (χ1v) is 9.23. The molecule has 3 aromatic rings. The number of furan rings is 1. The highest BCUT2D eigenvalue weighted by molar-refractivity contribution is 14.1. The summed E-state index contributed by atoms with van der Waals surface area (Å²) in [5, 5.41) is 11.9. The summed E-state index contributed by atoms with van der Waals surface area (Å²) in [5.74, 6) is 1.70. The molecule has 0 aliphatic carbocycles. The lowest BCUT2D eigenvalue weighted by Gasteiger charge is -2.06. The van der Waals surface area contributed by atoms with Gasteiger partial charge in [-0.3, -0.25) is 4.79 Å². The van der Waals surface area contributed by atoms with E-state index >= 15 is 0 Å². The lowest BCUT2D eigenvalue weighted by molar-refractivity contribution is -0.113. The van der Waals surface area contributed by atoms with Crippen molar-refractivity contribution in [3.8, 4) is 11.4 Å². The van der Waals surface area contributed by atoms with E-state index in [1.165, 1.54) is 11.8 Å². The van der Waals surface area contributed by atoms with Gasteiger partial charge in [-0.05, 0) is 53.8 Å². The molecule has 0 atom stereocenters. The fraction of sp³-hybridized carbons (Fsp3) is 0.188. The number of carbonyl (C=O) groups excluding carboxylic acids is 1. The van der Waals surface area contributed by atoms with Crippen LogP contribution in [0.15, 0.2) is 46.2 Å². The van der Waals surface area contributed by atoms with E-state index in [9.17, 15) is 4.79 Å². The molecule has 0 aliphatic rings. The maximum Gasteiger partial charge on any atom is 0.234 e. The van der Waals surface area contributed by atoms with Crippen LogP contribution in [0.25, 0.3) is 11.4 Å². The molecule has 1 aromatic carbocycles. The smallest absolute Gasteiger partial charge is 0.234 e. The van der Waals surface area contributed by atoms with E-state index in [1.807, 2.05) is 48.9 Å². The van der Waals surface area contributed by atoms with Gasteiger partial charge >= 0.3 is 0 Å². The van der Waals surface area contributed by atoms with Crippen LogP contribution in [0, 0.1) is 10.5 Å². The molecule has 0 saturated heterocycles. The molecule has 0 unspecified atom stereocenters. The summed E-state index contributed by atoms with van der Waals surface area (Å²) < 4.78 is 8.24. The highest BCUT2D eigenvalue weighted by Crippen LogP contribution is 2.25. The number of halogens is 1. The van der Waals surface area contributed by atoms with Crippen LogP contribution in [-0.4, -0.2) is 26.4 Å². The Labute approximate surface area is 157 Å². The average molecular weight is 454 g/mol. The number of aryl methyl sites for hydroxylation is 1. The molecule has 124 valence electrons. The summed E-state index contributed by atoms with van der Waals surface area (Å²) in [6.07, 6.45) is 1.63. The molecule has 1 amide bonds. The summed E-state index contributed by atoms with van der Waals surface area (Å²) >= 11 is 3.56. The quantitative estimate of drug-likeness (QED) is 0.470. The highest BCUT2D eigenvalue weighted by Gasteiger charge is 2.15. The lowest BCUT2D eigenvalue weighted by atomic mass is 10.2. The molecule has 2 aromatic heterocycles. The van der Waals surface area contributed by atoms with Gasteiger partial charge in [0.05, 0.1) is 17.6 Å². The van der Waals surface area contributed by atoms with Crippen molar-refractivity contribution in [2.75, 3.05) is 11.1 Å². The van der Waals surface area contributed by atoms with Gasteiger partial charge in [-0.1, -0.05) is 17.8 Å². The van der Waals surface area contributed by atoms with E-state index in [2.05, 4.69) is 38.1 Å². The molecule has 0 spiro atoms. The number of nitrogens with one attached hydrogen (secondary N) is 1. The first-order chi connectivity index (χ1) is 11.5. The number of anilines is 1. The van der Waals surface area contributed by atoms with Crippen LogP contribution in [-0.2, 0) is 11.8 Å². The molecule has 6 nitrogen and oxygen atoms in total. The second-order valence-corrected chi connectivity index (χ2v) is 7.29. The number of hydrogen-bond acceptors (Lipinski definition) is 5. The maximum atomic E-state index is 12.1. The second kappa shape index (κ2) is 7.39. The minimum Gasteiger partial charge on any atom is -0.469 e. The Morgan fingerprint density at radius 3 is 2.92 bits per heavy atom. The minimum absolute atomic E-state index is 0.0777. The van der Waals surface area contributed by atoms with Gasteiger partial charge in [-0.15, -0.1) is 10.2 Å². The predicted molar refractivity (Wildman–Crippen MR) is 102 cm³/mol. The average Bonchev–Trinajstić information content (AvgIpc) is 3.11. The second-order valence-electron chi connectivity index (χ2n) is 5.10. The normalized spacial score (nSPS) is 10.8. The van der Waals surface area contributed by atoms with Crippen molar-refractivity contribution in [1.82, 2.24) is 14.8 Å². The molecular weight excluding hydrogens is 439 g/mol. The maximum absolute atomic E-state index is 12.1. The first kappa shape index (κ1) is 17.0. The zero-order chi connectivity index (χ0) is 17.1. The molecule has 3 rings (SSSR count). The lowest BCUT2D eigenvalue weighted by Crippen LogP contribution is -2.14. The molecular formula is C16H15IN4O2S. The number of carbonyl (C=O) groups is 1. The Hall–Kier alpha value is -1.81. The molecule has 0 aliphatic heterocycles. The van der Waals surface area contributed by atoms with Crippen molar-refractivity contribution >= 4 is 45.9 Å². The molecule has 0 saturated carbocycles. The van der Waals surface area contributed by atoms with Crippen molar-refractivity contribution in [3.63, 3.8) is 0 Å². The molecule has 0 radical (unpaired) electrons. The van der Waals surface area contributed by atoms with Crippen LogP contribution >= 0.6 is 34.4 Å². The number of rotatable bonds is 5. The zero-order valence-corrected chi connectivity index (χ0v) is 16.1. The van der Waals surface area contributed by atoms with Crippen LogP contribution in [0.3, 0.4) is 0 Å². The van der Waals surface area contributed by atoms with Gasteiger partial charge in [-0.2, -0.15) is 0 Å². The number of aromatic nitrogens is 3. The number of nitrogens with zero attached hydrogens (tertiary/aromatic N) is 3. The van der Waals surface area contributed by atoms with E-state index in [1.54, 1.807) is 6.26 Å². The minimum atomic E-state index is -0.0777. The third-order valence-electron chi connectivity index (χ3n) is 3.38. The monoisotopic (exact) mass is 454 g/mol. The van der Waals surface area contributed by atoms with Gasteiger partial charge in [0.25, 0.3) is 0 Å². The highest BCUT2D eigenvalue weighted by atomic mass is 127. The SMILES string of the molecule is Cc1occc1-c1nnc(SCC(=O)Nc2cccc(I)c2)n1C. The summed E-state index contributed by atoms with van der Waals surface area (Å²) in [5.41, 5.74) is 1.69. The summed E-state index contributed by atoms with van der Waals surface area (Å²) in [6.45, 7) is 1.88. The molecule has 2 heterocycles. The fourth-order valence-electron chi connectivity index (χ4n) is 2.19. The number of amides is 1. The van der Waals surface area contributed by atoms with E-state index in [-0.39, 0.29) is 11.7 Å². The Morgan fingerprint density at radius 2 is 2.21 bits per heavy atom. The van der Waals surface area contributed by atoms with E-state index in [0.29, 0.717) is 5.16 Å². The number of thioether (sulfide) groups is 1. The van der Waals surface area contributed by atoms with Crippen molar-refractivity contribution < 1.29 is 9.21 Å².